The summed E-state index contributed by atoms with van der Waals surface area (Å²) in [6.45, 7) is 22.9. The van der Waals surface area contributed by atoms with Gasteiger partial charge in [-0.2, -0.15) is 0 Å². The van der Waals surface area contributed by atoms with Crippen molar-refractivity contribution in [1.82, 2.24) is 60.6 Å². The second kappa shape index (κ2) is 51.7. The molecular formula is C94H112Cl2N14O24S2. The molecule has 8 aromatic rings. The molecule has 10 heterocycles. The SMILES string of the molecule is CCCOCCOCCOCCOCCOCCCC(=O)COc1cccc2c1CN(C1CCC(=O)NC1=O)C2=O.Cc1sc2c(c1C)C(c1ccc(Cl)cc1)=N[C@@H](CC(=O)NCCOCCOCCOCCOCCOCCNC(=O)COc1cccc3c1C(=O)N(C1CCC(=O)NC1=O)C3=O)c1nnc(C)n1-2.Cc1sc2c(c1C)C(c1ccc(Cl)cc1)=N[C@@H](CC(=O)O)c1nnc(C)n1-2. The highest BCUT2D eigenvalue weighted by Crippen LogP contribution is 2.43. The average molecular weight is 1960 g/mol. The maximum atomic E-state index is 13.2. The van der Waals surface area contributed by atoms with E-state index in [9.17, 15) is 57.8 Å². The first kappa shape index (κ1) is 104. The zero-order valence-electron chi connectivity index (χ0n) is 76.8. The number of aliphatic carboxylic acids is 1. The van der Waals surface area contributed by atoms with Crippen LogP contribution in [-0.2, 0) is 92.3 Å². The predicted molar refractivity (Wildman–Crippen MR) is 499 cm³/mol. The summed E-state index contributed by atoms with van der Waals surface area (Å²) in [5.74, 6) is -2.22. The van der Waals surface area contributed by atoms with Crippen LogP contribution in [0.3, 0.4) is 0 Å². The van der Waals surface area contributed by atoms with Crippen LogP contribution in [-0.4, -0.2) is 291 Å². The molecule has 5 N–H and O–H groups in total. The number of aryl methyl sites for hydroxylation is 4. The van der Waals surface area contributed by atoms with E-state index in [0.29, 0.717) is 177 Å². The number of carboxylic acid groups (broad SMARTS) is 1. The summed E-state index contributed by atoms with van der Waals surface area (Å²) in [5.41, 5.74) is 8.70. The summed E-state index contributed by atoms with van der Waals surface area (Å²) >= 11 is 15.6. The molecule has 0 aliphatic carbocycles. The molecule has 38 nitrogen and oxygen atoms in total. The third-order valence-corrected chi connectivity index (χ3v) is 25.3. The lowest BCUT2D eigenvalue weighted by molar-refractivity contribution is -0.138. The van der Waals surface area contributed by atoms with Crippen LogP contribution >= 0.6 is 45.9 Å². The smallest absolute Gasteiger partial charge is 0.306 e. The average Bonchev–Trinajstić information content (AvgIpc) is 1.51. The minimum absolute atomic E-state index is 0.00304. The lowest BCUT2D eigenvalue weighted by Gasteiger charge is -2.29. The molecule has 4 aromatic carbocycles. The highest BCUT2D eigenvalue weighted by molar-refractivity contribution is 7.15. The predicted octanol–water partition coefficient (Wildman–Crippen LogP) is 8.93. The number of Topliss-reactive ketones (excluding diaryl/α,β-unsaturated/α-hetero) is 1. The number of thiophene rings is 2. The van der Waals surface area contributed by atoms with Crippen LogP contribution in [0.25, 0.3) is 10.0 Å². The Hall–Kier alpha value is -11.4. The van der Waals surface area contributed by atoms with Crippen molar-refractivity contribution < 1.29 is 115 Å². The number of nitrogens with one attached hydrogen (secondary N) is 4. The lowest BCUT2D eigenvalue weighted by atomic mass is 9.99. The van der Waals surface area contributed by atoms with Gasteiger partial charge in [0, 0.05) is 98.7 Å². The van der Waals surface area contributed by atoms with E-state index in [-0.39, 0.29) is 105 Å². The Balaban J connectivity index is 0.000000205. The molecule has 14 rings (SSSR count). The van der Waals surface area contributed by atoms with Gasteiger partial charge in [-0.15, -0.1) is 43.1 Å². The molecule has 4 aromatic heterocycles. The van der Waals surface area contributed by atoms with Crippen LogP contribution in [0.1, 0.15) is 180 Å². The zero-order valence-corrected chi connectivity index (χ0v) is 80.0. The summed E-state index contributed by atoms with van der Waals surface area (Å²) in [5, 5.41) is 39.9. The van der Waals surface area contributed by atoms with Crippen molar-refractivity contribution in [3.8, 4) is 21.5 Å². The van der Waals surface area contributed by atoms with Gasteiger partial charge in [-0.25, -0.2) is 0 Å². The number of aliphatic imine (C=N–C) groups is 2. The molecule has 9 amide bonds. The molecule has 2 unspecified atom stereocenters. The third kappa shape index (κ3) is 27.8. The van der Waals surface area contributed by atoms with E-state index >= 15 is 0 Å². The second-order valence-corrected chi connectivity index (χ2v) is 35.2. The van der Waals surface area contributed by atoms with E-state index in [1.165, 1.54) is 32.9 Å². The standard InChI is InChI=1S/C46H53ClN8O12S.C29H42N2O10.C19H17ClN4O2S/c1-27-28(2)68-46-39(27)41(30-7-9-31(47)10-8-30)50-33(42-53-52-29(3)54(42)46)25-37(57)48-13-15-62-17-19-64-21-23-66-24-22-65-20-18-63-16-14-49-38(58)26-67-35-6-4-5-32-40(35)45(61)55(44(32)60)34-11-12-36(56)51-43(34)59;1-2-10-36-12-14-38-16-18-40-19-17-39-15-13-37-11-4-5-22(32)21-41-26-7-3-6-23-24(26)20-31(29(23)35)25-8-9-27(33)30-28(25)34;1-9-10(2)27-19-16(9)17(12-4-6-13(20)7-5-12)21-14(8-15(25)26)18-23-22-11(3)24(18)19/h4-10,33-34H,11-26H2,1-3H3,(H,48,57)(H,49,58)(H,51,56,59);3,6-7,25H,2,4-5,8-21H2,1H3,(H,30,33,34);4-7,14H,8H2,1-3H3,(H,25,26)/t33-,34?;;14-/m0.0/s1. The largest absolute Gasteiger partial charge is 0.485 e. The Morgan fingerprint density at radius 1 is 0.471 bits per heavy atom. The Morgan fingerprint density at radius 3 is 1.37 bits per heavy atom. The number of halogens is 2. The number of hydrogen-bond donors (Lipinski definition) is 5. The molecule has 6 aliphatic rings. The molecule has 6 aliphatic heterocycles. The summed E-state index contributed by atoms with van der Waals surface area (Å²) in [6, 6.07) is 21.5. The summed E-state index contributed by atoms with van der Waals surface area (Å²) in [7, 11) is 0. The fourth-order valence-electron chi connectivity index (χ4n) is 15.4. The van der Waals surface area contributed by atoms with Gasteiger partial charge in [0.25, 0.3) is 23.6 Å². The number of carbonyl (C=O) groups excluding carboxylic acids is 10. The summed E-state index contributed by atoms with van der Waals surface area (Å²) in [6.07, 6.45) is 2.30. The molecule has 2 saturated heterocycles. The van der Waals surface area contributed by atoms with Gasteiger partial charge in [0.15, 0.2) is 24.0 Å². The summed E-state index contributed by atoms with van der Waals surface area (Å²) in [4.78, 5) is 151. The number of imide groups is 3. The van der Waals surface area contributed by atoms with Crippen molar-refractivity contribution >= 4 is 122 Å². The molecule has 0 spiro atoms. The van der Waals surface area contributed by atoms with E-state index in [1.807, 2.05) is 71.5 Å². The Kier molecular flexibility index (Phi) is 39.4. The van der Waals surface area contributed by atoms with Crippen LogP contribution in [0, 0.1) is 41.5 Å². The number of hydrogen-bond acceptors (Lipinski definition) is 31. The minimum atomic E-state index is -1.11. The zero-order chi connectivity index (χ0) is 96.7. The molecule has 728 valence electrons. The van der Waals surface area contributed by atoms with Crippen molar-refractivity contribution in [2.24, 2.45) is 9.98 Å². The van der Waals surface area contributed by atoms with Gasteiger partial charge in [0.2, 0.25) is 29.5 Å². The van der Waals surface area contributed by atoms with Gasteiger partial charge in [-0.3, -0.25) is 87.4 Å². The number of ether oxygens (including phenoxy) is 12. The number of fused-ring (bicyclic) bond motifs is 8. The Bertz CT molecular complexity index is 5620. The van der Waals surface area contributed by atoms with Gasteiger partial charge in [-0.1, -0.05) is 66.5 Å². The van der Waals surface area contributed by atoms with Crippen molar-refractivity contribution in [1.29, 1.82) is 0 Å². The van der Waals surface area contributed by atoms with Crippen LogP contribution in [0.4, 0.5) is 0 Å². The fourth-order valence-corrected chi connectivity index (χ4v) is 18.1. The van der Waals surface area contributed by atoms with Crippen molar-refractivity contribution in [3.05, 3.63) is 184 Å². The van der Waals surface area contributed by atoms with Gasteiger partial charge >= 0.3 is 5.97 Å². The maximum absolute atomic E-state index is 13.2. The number of nitrogens with zero attached hydrogens (tertiary/aromatic N) is 10. The molecule has 136 heavy (non-hydrogen) atoms. The van der Waals surface area contributed by atoms with Crippen molar-refractivity contribution in [2.45, 2.75) is 137 Å². The van der Waals surface area contributed by atoms with E-state index in [4.69, 9.17) is 90.0 Å². The van der Waals surface area contributed by atoms with Gasteiger partial charge in [0.1, 0.15) is 63.9 Å². The number of aromatic nitrogens is 6. The van der Waals surface area contributed by atoms with Gasteiger partial charge in [0.05, 0.1) is 161 Å². The van der Waals surface area contributed by atoms with E-state index in [1.54, 1.807) is 40.9 Å². The molecule has 0 bridgehead atoms. The monoisotopic (exact) mass is 1950 g/mol. The number of amides is 9. The van der Waals surface area contributed by atoms with Crippen molar-refractivity contribution in [3.63, 3.8) is 0 Å². The molecule has 0 saturated carbocycles. The quantitative estimate of drug-likeness (QED) is 0.0175. The highest BCUT2D eigenvalue weighted by atomic mass is 35.5. The van der Waals surface area contributed by atoms with Gasteiger partial charge in [-0.05, 0) is 127 Å². The Morgan fingerprint density at radius 2 is 0.897 bits per heavy atom. The second-order valence-electron chi connectivity index (χ2n) is 32.0. The first-order valence-corrected chi connectivity index (χ1v) is 47.3. The van der Waals surface area contributed by atoms with E-state index in [0.717, 1.165) is 84.4 Å². The molecule has 2 fully saturated rings. The number of carbonyl (C=O) groups is 11. The number of benzene rings is 4. The van der Waals surface area contributed by atoms with Crippen LogP contribution < -0.4 is 30.7 Å². The normalized spacial score (nSPS) is 16.4. The van der Waals surface area contributed by atoms with E-state index in [2.05, 4.69) is 76.3 Å². The number of rotatable bonds is 50. The topological polar surface area (TPSA) is 459 Å². The molecule has 0 radical (unpaired) electrons. The molecular weight excluding hydrogens is 1840 g/mol. The van der Waals surface area contributed by atoms with Crippen LogP contribution in [0.5, 0.6) is 11.5 Å². The lowest BCUT2D eigenvalue weighted by Crippen LogP contribution is -2.54. The number of carboxylic acids is 1. The Labute approximate surface area is 803 Å². The molecule has 4 atom stereocenters. The number of piperidine rings is 2. The maximum Gasteiger partial charge on any atom is 0.306 e. The third-order valence-electron chi connectivity index (χ3n) is 22.4. The van der Waals surface area contributed by atoms with E-state index < -0.39 is 72.2 Å². The summed E-state index contributed by atoms with van der Waals surface area (Å²) < 4.78 is 70.2. The first-order valence-electron chi connectivity index (χ1n) is 44.9. The van der Waals surface area contributed by atoms with Crippen molar-refractivity contribution in [2.75, 3.05) is 158 Å². The van der Waals surface area contributed by atoms with Crippen LogP contribution in [0.15, 0.2) is 94.9 Å². The van der Waals surface area contributed by atoms with Crippen LogP contribution in [0.2, 0.25) is 10.0 Å². The highest BCUT2D eigenvalue weighted by Gasteiger charge is 2.47. The number of ketones is 1. The fraction of sp³-hybridized carbons (Fsp3) is 0.479. The van der Waals surface area contributed by atoms with Gasteiger partial charge < -0.3 is 77.5 Å². The first-order chi connectivity index (χ1) is 65.8. The minimum Gasteiger partial charge on any atom is -0.485 e. The molecule has 42 heteroatoms.